The number of methoxy groups -OCH3 is 1. The summed E-state index contributed by atoms with van der Waals surface area (Å²) in [7, 11) is 1.63. The van der Waals surface area contributed by atoms with Gasteiger partial charge in [-0.25, -0.2) is 0 Å². The molecular weight excluding hydrogens is 543 g/mol. The second kappa shape index (κ2) is 13.1. The van der Waals surface area contributed by atoms with Crippen LogP contribution in [0.4, 0.5) is 4.79 Å². The van der Waals surface area contributed by atoms with Gasteiger partial charge in [0.25, 0.3) is 0 Å². The van der Waals surface area contributed by atoms with Gasteiger partial charge in [-0.15, -0.1) is 0 Å². The van der Waals surface area contributed by atoms with Crippen molar-refractivity contribution in [3.8, 4) is 0 Å². The van der Waals surface area contributed by atoms with Gasteiger partial charge in [0, 0.05) is 0 Å². The number of carbonyl (C=O) groups is 1. The number of unbranched alkanes of at least 4 members (excludes halogenated alkanes) is 3. The van der Waals surface area contributed by atoms with Crippen LogP contribution in [0.15, 0.2) is 6.20 Å². The third kappa shape index (κ3) is 7.80. The van der Waals surface area contributed by atoms with E-state index in [1.807, 2.05) is 32.1 Å². The molecule has 1 aromatic rings. The number of rotatable bonds is 14. The van der Waals surface area contributed by atoms with Gasteiger partial charge in [-0.1, -0.05) is 0 Å². The molecule has 0 aliphatic carbocycles. The molecule has 2 rings (SSSR count). The molecule has 0 aromatic carbocycles. The standard InChI is InChI=1S/C13H19N2O4S.3C4H9.Sn/c1-12(2,3)19-11(16)15-7-13(8-15,18-9-17-4)10-14-5-6-20-10;3*1-3-4-2;/h5H,7-9H2,1-4H3;3*1,3-4H2,2H3;. The molecule has 0 atom stereocenters. The molecule has 1 saturated heterocycles. The molecule has 8 heteroatoms. The summed E-state index contributed by atoms with van der Waals surface area (Å²) in [5, 5.41) is 1.000. The van der Waals surface area contributed by atoms with E-state index < -0.39 is 29.6 Å². The molecule has 1 aromatic heterocycles. The van der Waals surface area contributed by atoms with Gasteiger partial charge < -0.3 is 0 Å². The SMILES string of the molecule is CCC[CH2][Sn]([CH2]CCC)([CH2]CCC)[c]1cnc(C2(OCOC)CN(C(=O)OC(C)(C)C)C2)s1. The van der Waals surface area contributed by atoms with Crippen LogP contribution in [0.1, 0.15) is 85.1 Å². The van der Waals surface area contributed by atoms with Crippen molar-refractivity contribution < 1.29 is 19.0 Å². The molecule has 1 aliphatic rings. The first-order valence-electron chi connectivity index (χ1n) is 12.7. The predicted molar refractivity (Wildman–Crippen MR) is 139 cm³/mol. The fraction of sp³-hybridized carbons (Fsp3) is 0.840. The van der Waals surface area contributed by atoms with E-state index >= 15 is 0 Å². The zero-order valence-electron chi connectivity index (χ0n) is 22.0. The van der Waals surface area contributed by atoms with Crippen molar-refractivity contribution in [2.75, 3.05) is 27.0 Å². The van der Waals surface area contributed by atoms with Gasteiger partial charge in [-0.3, -0.25) is 0 Å². The fourth-order valence-corrected chi connectivity index (χ4v) is 24.3. The Balaban J connectivity index is 2.29. The monoisotopic (exact) mass is 590 g/mol. The van der Waals surface area contributed by atoms with Crippen LogP contribution in [0, 0.1) is 0 Å². The molecule has 1 amide bonds. The van der Waals surface area contributed by atoms with E-state index in [4.69, 9.17) is 19.2 Å². The molecule has 0 bridgehead atoms. The molecule has 0 unspecified atom stereocenters. The van der Waals surface area contributed by atoms with E-state index in [0.29, 0.717) is 13.1 Å². The van der Waals surface area contributed by atoms with Gasteiger partial charge in [0.15, 0.2) is 0 Å². The Kier molecular flexibility index (Phi) is 11.4. The van der Waals surface area contributed by atoms with Crippen molar-refractivity contribution in [2.45, 2.75) is 105 Å². The van der Waals surface area contributed by atoms with Crippen LogP contribution >= 0.6 is 11.3 Å². The average molecular weight is 589 g/mol. The molecule has 33 heavy (non-hydrogen) atoms. The van der Waals surface area contributed by atoms with Gasteiger partial charge >= 0.3 is 210 Å². The minimum absolute atomic E-state index is 0.187. The van der Waals surface area contributed by atoms with Crippen LogP contribution in [0.25, 0.3) is 0 Å². The van der Waals surface area contributed by atoms with Gasteiger partial charge in [0.05, 0.1) is 0 Å². The Bertz CT molecular complexity index is 706. The van der Waals surface area contributed by atoms with Crippen LogP contribution in [-0.2, 0) is 19.8 Å². The third-order valence-corrected chi connectivity index (χ3v) is 25.8. The number of thiazole rings is 1. The maximum absolute atomic E-state index is 12.6. The van der Waals surface area contributed by atoms with E-state index in [2.05, 4.69) is 27.0 Å². The molecule has 0 spiro atoms. The van der Waals surface area contributed by atoms with Crippen molar-refractivity contribution >= 4 is 38.7 Å². The van der Waals surface area contributed by atoms with E-state index in [0.717, 1.165) is 5.01 Å². The maximum atomic E-state index is 12.6. The molecule has 190 valence electrons. The number of ether oxygens (including phenoxy) is 3. The number of carbonyl (C=O) groups excluding carboxylic acids is 1. The molecule has 0 saturated carbocycles. The van der Waals surface area contributed by atoms with Gasteiger partial charge in [0.2, 0.25) is 0 Å². The number of aromatic nitrogens is 1. The van der Waals surface area contributed by atoms with E-state index in [-0.39, 0.29) is 12.9 Å². The minimum atomic E-state index is -2.54. The average Bonchev–Trinajstić information content (AvgIpc) is 3.22. The third-order valence-electron chi connectivity index (χ3n) is 6.44. The Morgan fingerprint density at radius 3 is 2.09 bits per heavy atom. The summed E-state index contributed by atoms with van der Waals surface area (Å²) in [6.45, 7) is 13.7. The first kappa shape index (κ1) is 28.9. The Hall–Kier alpha value is -0.381. The fourth-order valence-electron chi connectivity index (χ4n) is 4.51. The zero-order valence-corrected chi connectivity index (χ0v) is 25.7. The molecule has 2 heterocycles. The van der Waals surface area contributed by atoms with Gasteiger partial charge in [-0.2, -0.15) is 0 Å². The van der Waals surface area contributed by atoms with Crippen molar-refractivity contribution in [2.24, 2.45) is 0 Å². The number of hydrogen-bond acceptors (Lipinski definition) is 6. The predicted octanol–water partition coefficient (Wildman–Crippen LogP) is 6.27. The summed E-state index contributed by atoms with van der Waals surface area (Å²) in [5.74, 6) is 0. The molecular formula is C25H46N2O4SSn. The number of amides is 1. The quantitative estimate of drug-likeness (QED) is 0.189. The summed E-state index contributed by atoms with van der Waals surface area (Å²) in [5.41, 5.74) is -1.10. The summed E-state index contributed by atoms with van der Waals surface area (Å²) < 4.78 is 22.8. The van der Waals surface area contributed by atoms with Gasteiger partial charge in [0.1, 0.15) is 0 Å². The Labute approximate surface area is 209 Å². The van der Waals surface area contributed by atoms with Gasteiger partial charge in [-0.05, 0) is 0 Å². The Morgan fingerprint density at radius 1 is 1.09 bits per heavy atom. The molecule has 6 nitrogen and oxygen atoms in total. The van der Waals surface area contributed by atoms with Crippen molar-refractivity contribution in [1.82, 2.24) is 9.88 Å². The van der Waals surface area contributed by atoms with Crippen LogP contribution in [-0.4, -0.2) is 66.9 Å². The van der Waals surface area contributed by atoms with E-state index in [9.17, 15) is 4.79 Å². The summed E-state index contributed by atoms with van der Waals surface area (Å²) in [6, 6.07) is 0. The second-order valence-electron chi connectivity index (χ2n) is 10.5. The first-order valence-corrected chi connectivity index (χ1v) is 21.0. The van der Waals surface area contributed by atoms with Crippen molar-refractivity contribution in [1.29, 1.82) is 0 Å². The topological polar surface area (TPSA) is 60.9 Å². The van der Waals surface area contributed by atoms with Crippen molar-refractivity contribution in [3.05, 3.63) is 11.2 Å². The van der Waals surface area contributed by atoms with E-state index in [1.54, 1.807) is 14.9 Å². The number of hydrogen-bond donors (Lipinski definition) is 0. The number of likely N-dealkylation sites (tertiary alicyclic amines) is 1. The molecule has 1 aliphatic heterocycles. The summed E-state index contributed by atoms with van der Waals surface area (Å²) in [4.78, 5) is 19.2. The van der Waals surface area contributed by atoms with Crippen molar-refractivity contribution in [3.63, 3.8) is 0 Å². The van der Waals surface area contributed by atoms with Crippen LogP contribution in [0.2, 0.25) is 13.3 Å². The first-order chi connectivity index (χ1) is 15.6. The normalized spacial score (nSPS) is 16.0. The van der Waals surface area contributed by atoms with E-state index in [1.165, 1.54) is 51.8 Å². The summed E-state index contributed by atoms with van der Waals surface area (Å²) >= 11 is -0.671. The molecule has 1 fully saturated rings. The zero-order chi connectivity index (χ0) is 24.5. The van der Waals surface area contributed by atoms with Crippen LogP contribution in [0.5, 0.6) is 0 Å². The second-order valence-corrected chi connectivity index (χ2v) is 25.7. The number of nitrogens with zero attached hydrogens (tertiary/aromatic N) is 2. The van der Waals surface area contributed by atoms with Crippen LogP contribution < -0.4 is 2.89 Å². The van der Waals surface area contributed by atoms with Crippen LogP contribution in [0.3, 0.4) is 0 Å². The molecule has 0 N–H and O–H groups in total. The summed E-state index contributed by atoms with van der Waals surface area (Å²) in [6.07, 6.45) is 9.65. The Morgan fingerprint density at radius 2 is 1.64 bits per heavy atom. The molecule has 0 radical (unpaired) electrons.